The molecule has 0 aromatic carbocycles. The average molecular weight is 211 g/mol. The molecule has 0 bridgehead atoms. The lowest BCUT2D eigenvalue weighted by atomic mass is 10.1. The zero-order valence-electron chi connectivity index (χ0n) is 9.32. The van der Waals surface area contributed by atoms with Crippen molar-refractivity contribution in [2.24, 2.45) is 5.92 Å². The van der Waals surface area contributed by atoms with Gasteiger partial charge in [0.15, 0.2) is 0 Å². The fraction of sp³-hybridized carbons (Fsp3) is 0.917. The largest absolute Gasteiger partial charge is 0.396 e. The Labute approximate surface area is 91.5 Å². The van der Waals surface area contributed by atoms with E-state index in [1.165, 1.54) is 38.5 Å². The second kappa shape index (κ2) is 4.97. The summed E-state index contributed by atoms with van der Waals surface area (Å²) < 4.78 is 0. The molecule has 1 amide bonds. The first kappa shape index (κ1) is 10.9. The van der Waals surface area contributed by atoms with E-state index in [1.807, 2.05) is 4.90 Å². The van der Waals surface area contributed by atoms with E-state index in [0.717, 1.165) is 6.54 Å². The first-order valence-electron chi connectivity index (χ1n) is 6.21. The van der Waals surface area contributed by atoms with Crippen LogP contribution in [0, 0.1) is 5.92 Å². The van der Waals surface area contributed by atoms with Crippen molar-refractivity contribution in [2.75, 3.05) is 13.2 Å². The van der Waals surface area contributed by atoms with Gasteiger partial charge in [0.05, 0.1) is 0 Å². The Morgan fingerprint density at radius 2 is 1.87 bits per heavy atom. The lowest BCUT2D eigenvalue weighted by Crippen LogP contribution is -2.36. The summed E-state index contributed by atoms with van der Waals surface area (Å²) >= 11 is 0. The maximum atomic E-state index is 11.8. The monoisotopic (exact) mass is 211 g/mol. The smallest absolute Gasteiger partial charge is 0.223 e. The van der Waals surface area contributed by atoms with Crippen LogP contribution in [0.25, 0.3) is 0 Å². The van der Waals surface area contributed by atoms with E-state index in [2.05, 4.69) is 0 Å². The number of amides is 1. The molecule has 2 fully saturated rings. The Morgan fingerprint density at radius 3 is 2.40 bits per heavy atom. The molecule has 1 aliphatic heterocycles. The molecule has 2 rings (SSSR count). The standard InChI is InChI=1S/C12H21NO2/c14-9-10-7-12(15)13(8-10)11-5-3-1-2-4-6-11/h10-11,14H,1-9H2. The van der Waals surface area contributed by atoms with Crippen LogP contribution >= 0.6 is 0 Å². The highest BCUT2D eigenvalue weighted by atomic mass is 16.3. The zero-order valence-corrected chi connectivity index (χ0v) is 9.32. The maximum Gasteiger partial charge on any atom is 0.223 e. The van der Waals surface area contributed by atoms with Crippen molar-refractivity contribution in [1.29, 1.82) is 0 Å². The van der Waals surface area contributed by atoms with Crippen LogP contribution in [0.1, 0.15) is 44.9 Å². The third kappa shape index (κ3) is 2.51. The Kier molecular flexibility index (Phi) is 3.62. The molecule has 2 aliphatic rings. The Hall–Kier alpha value is -0.570. The van der Waals surface area contributed by atoms with Crippen LogP contribution in [0.3, 0.4) is 0 Å². The van der Waals surface area contributed by atoms with E-state index in [1.54, 1.807) is 0 Å². The van der Waals surface area contributed by atoms with Crippen LogP contribution in [0.4, 0.5) is 0 Å². The Morgan fingerprint density at radius 1 is 1.20 bits per heavy atom. The SMILES string of the molecule is O=C1CC(CO)CN1C1CCCCCC1. The van der Waals surface area contributed by atoms with Crippen LogP contribution in [0.2, 0.25) is 0 Å². The molecule has 0 radical (unpaired) electrons. The first-order valence-corrected chi connectivity index (χ1v) is 6.21. The number of carbonyl (C=O) groups is 1. The topological polar surface area (TPSA) is 40.5 Å². The van der Waals surface area contributed by atoms with Gasteiger partial charge in [-0.2, -0.15) is 0 Å². The normalized spacial score (nSPS) is 29.5. The van der Waals surface area contributed by atoms with E-state index < -0.39 is 0 Å². The summed E-state index contributed by atoms with van der Waals surface area (Å²) in [6, 6.07) is 0.469. The molecule has 1 unspecified atom stereocenters. The predicted molar refractivity (Wildman–Crippen MR) is 58.4 cm³/mol. The van der Waals surface area contributed by atoms with Gasteiger partial charge in [-0.15, -0.1) is 0 Å². The minimum Gasteiger partial charge on any atom is -0.396 e. The molecule has 1 atom stereocenters. The van der Waals surface area contributed by atoms with E-state index in [0.29, 0.717) is 12.5 Å². The Balaban J connectivity index is 1.94. The fourth-order valence-corrected chi connectivity index (χ4v) is 2.85. The summed E-state index contributed by atoms with van der Waals surface area (Å²) in [5.41, 5.74) is 0. The second-order valence-electron chi connectivity index (χ2n) is 4.94. The number of aliphatic hydroxyl groups excluding tert-OH is 1. The molecule has 1 saturated heterocycles. The van der Waals surface area contributed by atoms with Gasteiger partial charge in [0.2, 0.25) is 5.91 Å². The average Bonchev–Trinajstić information content (AvgIpc) is 2.48. The van der Waals surface area contributed by atoms with Crippen LogP contribution in [-0.2, 0) is 4.79 Å². The minimum absolute atomic E-state index is 0.162. The van der Waals surface area contributed by atoms with Crippen molar-refractivity contribution >= 4 is 5.91 Å². The molecule has 15 heavy (non-hydrogen) atoms. The number of hydrogen-bond acceptors (Lipinski definition) is 2. The van der Waals surface area contributed by atoms with Crippen LogP contribution in [0.5, 0.6) is 0 Å². The summed E-state index contributed by atoms with van der Waals surface area (Å²) in [5.74, 6) is 0.460. The third-order valence-electron chi connectivity index (χ3n) is 3.76. The highest BCUT2D eigenvalue weighted by molar-refractivity contribution is 5.79. The molecule has 0 spiro atoms. The molecule has 86 valence electrons. The maximum absolute atomic E-state index is 11.8. The molecule has 3 heteroatoms. The van der Waals surface area contributed by atoms with Crippen LogP contribution in [0.15, 0.2) is 0 Å². The zero-order chi connectivity index (χ0) is 10.7. The quantitative estimate of drug-likeness (QED) is 0.704. The van der Waals surface area contributed by atoms with E-state index in [-0.39, 0.29) is 18.4 Å². The van der Waals surface area contributed by atoms with E-state index in [4.69, 9.17) is 5.11 Å². The van der Waals surface area contributed by atoms with Crippen molar-refractivity contribution < 1.29 is 9.90 Å². The molecular weight excluding hydrogens is 190 g/mol. The van der Waals surface area contributed by atoms with Gasteiger partial charge in [-0.3, -0.25) is 4.79 Å². The summed E-state index contributed by atoms with van der Waals surface area (Å²) in [7, 11) is 0. The summed E-state index contributed by atoms with van der Waals surface area (Å²) in [6.07, 6.45) is 8.07. The number of rotatable bonds is 2. The molecule has 0 aromatic heterocycles. The number of carbonyl (C=O) groups excluding carboxylic acids is 1. The van der Waals surface area contributed by atoms with Gasteiger partial charge in [0, 0.05) is 31.5 Å². The highest BCUT2D eigenvalue weighted by Crippen LogP contribution is 2.27. The molecule has 3 nitrogen and oxygen atoms in total. The summed E-state index contributed by atoms with van der Waals surface area (Å²) in [5, 5.41) is 9.08. The molecule has 0 aromatic rings. The van der Waals surface area contributed by atoms with Gasteiger partial charge < -0.3 is 10.0 Å². The summed E-state index contributed by atoms with van der Waals surface area (Å²) in [4.78, 5) is 13.8. The van der Waals surface area contributed by atoms with Gasteiger partial charge in [0.1, 0.15) is 0 Å². The van der Waals surface area contributed by atoms with Gasteiger partial charge in [-0.05, 0) is 12.8 Å². The second-order valence-corrected chi connectivity index (χ2v) is 4.94. The minimum atomic E-state index is 0.162. The number of likely N-dealkylation sites (tertiary alicyclic amines) is 1. The van der Waals surface area contributed by atoms with Crippen LogP contribution in [-0.4, -0.2) is 35.1 Å². The van der Waals surface area contributed by atoms with Crippen molar-refractivity contribution in [3.05, 3.63) is 0 Å². The summed E-state index contributed by atoms with van der Waals surface area (Å²) in [6.45, 7) is 0.953. The molecule has 1 N–H and O–H groups in total. The Bertz CT molecular complexity index is 222. The van der Waals surface area contributed by atoms with Crippen molar-refractivity contribution in [3.63, 3.8) is 0 Å². The first-order chi connectivity index (χ1) is 7.31. The van der Waals surface area contributed by atoms with Gasteiger partial charge >= 0.3 is 0 Å². The molecule has 1 heterocycles. The fourth-order valence-electron chi connectivity index (χ4n) is 2.85. The van der Waals surface area contributed by atoms with E-state index >= 15 is 0 Å². The van der Waals surface area contributed by atoms with Gasteiger partial charge in [-0.1, -0.05) is 25.7 Å². The van der Waals surface area contributed by atoms with Crippen molar-refractivity contribution in [3.8, 4) is 0 Å². The van der Waals surface area contributed by atoms with Gasteiger partial charge in [-0.25, -0.2) is 0 Å². The van der Waals surface area contributed by atoms with Crippen molar-refractivity contribution in [1.82, 2.24) is 4.90 Å². The van der Waals surface area contributed by atoms with Crippen LogP contribution < -0.4 is 0 Å². The molecule has 1 saturated carbocycles. The van der Waals surface area contributed by atoms with Gasteiger partial charge in [0.25, 0.3) is 0 Å². The number of hydrogen-bond donors (Lipinski definition) is 1. The lowest BCUT2D eigenvalue weighted by Gasteiger charge is -2.27. The molecule has 1 aliphatic carbocycles. The number of aliphatic hydroxyl groups is 1. The van der Waals surface area contributed by atoms with E-state index in [9.17, 15) is 4.79 Å². The molecular formula is C12H21NO2. The third-order valence-corrected chi connectivity index (χ3v) is 3.76. The highest BCUT2D eigenvalue weighted by Gasteiger charge is 2.33. The predicted octanol–water partition coefficient (Wildman–Crippen LogP) is 1.55. The number of nitrogens with zero attached hydrogens (tertiary/aromatic N) is 1. The lowest BCUT2D eigenvalue weighted by molar-refractivity contribution is -0.129. The van der Waals surface area contributed by atoms with Crippen molar-refractivity contribution in [2.45, 2.75) is 51.0 Å².